The Hall–Kier alpha value is -2.11. The quantitative estimate of drug-likeness (QED) is 0.323. The van der Waals surface area contributed by atoms with Crippen molar-refractivity contribution in [2.75, 3.05) is 11.9 Å². The second kappa shape index (κ2) is 9.55. The molecule has 0 saturated carbocycles. The van der Waals surface area contributed by atoms with Gasteiger partial charge in [-0.05, 0) is 88.0 Å². The molecule has 2 aromatic carbocycles. The minimum atomic E-state index is -0.467. The molecule has 0 saturated heterocycles. The van der Waals surface area contributed by atoms with Gasteiger partial charge in [0, 0.05) is 5.69 Å². The molecular formula is C19H13I2N3O2. The molecule has 0 aliphatic heterocycles. The van der Waals surface area contributed by atoms with E-state index in [4.69, 9.17) is 10.00 Å². The summed E-state index contributed by atoms with van der Waals surface area (Å²) in [6.45, 7) is 1.92. The van der Waals surface area contributed by atoms with Crippen molar-refractivity contribution in [2.24, 2.45) is 0 Å². The van der Waals surface area contributed by atoms with Crippen LogP contribution < -0.4 is 10.1 Å². The van der Waals surface area contributed by atoms with E-state index in [0.29, 0.717) is 17.0 Å². The SMILES string of the molecule is Cc1ccc(NC(=O)/C(C#N)=C/c2cc(I)c(OCC#N)c(I)c2)cc1. The fourth-order valence-electron chi connectivity index (χ4n) is 2.06. The van der Waals surface area contributed by atoms with E-state index < -0.39 is 5.91 Å². The highest BCUT2D eigenvalue weighted by atomic mass is 127. The molecule has 1 amide bonds. The van der Waals surface area contributed by atoms with Crippen LogP contribution in [-0.2, 0) is 4.79 Å². The molecule has 0 spiro atoms. The van der Waals surface area contributed by atoms with Gasteiger partial charge < -0.3 is 10.1 Å². The molecule has 7 heteroatoms. The van der Waals surface area contributed by atoms with E-state index in [0.717, 1.165) is 12.7 Å². The van der Waals surface area contributed by atoms with Crippen LogP contribution in [0.3, 0.4) is 0 Å². The van der Waals surface area contributed by atoms with Crippen LogP contribution in [0.1, 0.15) is 11.1 Å². The molecule has 0 fully saturated rings. The van der Waals surface area contributed by atoms with Crippen LogP contribution in [0.4, 0.5) is 5.69 Å². The molecule has 0 bridgehead atoms. The lowest BCUT2D eigenvalue weighted by Crippen LogP contribution is -2.13. The maximum absolute atomic E-state index is 12.3. The van der Waals surface area contributed by atoms with E-state index in [-0.39, 0.29) is 12.2 Å². The van der Waals surface area contributed by atoms with Crippen molar-refractivity contribution in [1.82, 2.24) is 0 Å². The number of ether oxygens (including phenoxy) is 1. The van der Waals surface area contributed by atoms with Crippen LogP contribution in [0, 0.1) is 36.7 Å². The summed E-state index contributed by atoms with van der Waals surface area (Å²) in [5, 5.41) is 20.7. The maximum atomic E-state index is 12.3. The Kier molecular flexibility index (Phi) is 7.42. The molecule has 0 aliphatic rings. The first kappa shape index (κ1) is 20.2. The van der Waals surface area contributed by atoms with Gasteiger partial charge in [-0.3, -0.25) is 4.79 Å². The zero-order chi connectivity index (χ0) is 19.1. The first-order valence-electron chi connectivity index (χ1n) is 7.43. The molecule has 0 heterocycles. The number of nitrogens with one attached hydrogen (secondary N) is 1. The van der Waals surface area contributed by atoms with E-state index in [1.807, 2.05) is 31.2 Å². The van der Waals surface area contributed by atoms with Crippen molar-refractivity contribution >= 4 is 62.9 Å². The first-order valence-corrected chi connectivity index (χ1v) is 9.59. The minimum Gasteiger partial charge on any atom is -0.477 e. The molecule has 1 N–H and O–H groups in total. The van der Waals surface area contributed by atoms with Gasteiger partial charge in [-0.25, -0.2) is 0 Å². The van der Waals surface area contributed by atoms with Gasteiger partial charge in [0.25, 0.3) is 5.91 Å². The van der Waals surface area contributed by atoms with Crippen molar-refractivity contribution in [3.8, 4) is 17.9 Å². The summed E-state index contributed by atoms with van der Waals surface area (Å²) >= 11 is 4.19. The topological polar surface area (TPSA) is 85.9 Å². The lowest BCUT2D eigenvalue weighted by molar-refractivity contribution is -0.112. The Balaban J connectivity index is 2.25. The number of hydrogen-bond donors (Lipinski definition) is 1. The van der Waals surface area contributed by atoms with E-state index in [9.17, 15) is 10.1 Å². The molecule has 130 valence electrons. The lowest BCUT2D eigenvalue weighted by Gasteiger charge is -2.09. The Morgan fingerprint density at radius 3 is 2.35 bits per heavy atom. The predicted molar refractivity (Wildman–Crippen MR) is 116 cm³/mol. The molecule has 26 heavy (non-hydrogen) atoms. The van der Waals surface area contributed by atoms with Crippen molar-refractivity contribution in [2.45, 2.75) is 6.92 Å². The number of nitriles is 2. The van der Waals surface area contributed by atoms with Crippen molar-refractivity contribution in [3.05, 3.63) is 60.2 Å². The van der Waals surface area contributed by atoms with Crippen LogP contribution in [0.2, 0.25) is 0 Å². The smallest absolute Gasteiger partial charge is 0.266 e. The van der Waals surface area contributed by atoms with Crippen LogP contribution in [0.25, 0.3) is 6.08 Å². The van der Waals surface area contributed by atoms with Crippen LogP contribution in [-0.4, -0.2) is 12.5 Å². The van der Waals surface area contributed by atoms with Crippen LogP contribution in [0.15, 0.2) is 42.0 Å². The second-order valence-electron chi connectivity index (χ2n) is 5.25. The van der Waals surface area contributed by atoms with E-state index in [2.05, 4.69) is 50.5 Å². The Morgan fingerprint density at radius 2 is 1.81 bits per heavy atom. The molecular weight excluding hydrogens is 556 g/mol. The molecule has 0 aromatic heterocycles. The van der Waals surface area contributed by atoms with E-state index in [1.165, 1.54) is 6.08 Å². The monoisotopic (exact) mass is 569 g/mol. The van der Waals surface area contributed by atoms with Gasteiger partial charge in [-0.1, -0.05) is 17.7 Å². The third-order valence-corrected chi connectivity index (χ3v) is 4.89. The average molecular weight is 569 g/mol. The zero-order valence-corrected chi connectivity index (χ0v) is 18.0. The Bertz CT molecular complexity index is 916. The number of benzene rings is 2. The number of anilines is 1. The second-order valence-corrected chi connectivity index (χ2v) is 7.57. The standard InChI is InChI=1S/C19H13I2N3O2/c1-12-2-4-15(5-3-12)24-19(25)14(11-23)8-13-9-16(20)18(17(21)10-13)26-7-6-22/h2-5,8-10H,7H2,1H3,(H,24,25)/b14-8+. The summed E-state index contributed by atoms with van der Waals surface area (Å²) in [6, 6.07) is 14.8. The van der Waals surface area contributed by atoms with Gasteiger partial charge in [0.05, 0.1) is 7.14 Å². The van der Waals surface area contributed by atoms with Gasteiger partial charge in [-0.15, -0.1) is 0 Å². The largest absolute Gasteiger partial charge is 0.477 e. The van der Waals surface area contributed by atoms with Crippen molar-refractivity contribution < 1.29 is 9.53 Å². The van der Waals surface area contributed by atoms with Crippen molar-refractivity contribution in [1.29, 1.82) is 10.5 Å². The van der Waals surface area contributed by atoms with Crippen LogP contribution >= 0.6 is 45.2 Å². The number of hydrogen-bond acceptors (Lipinski definition) is 4. The predicted octanol–water partition coefficient (Wildman–Crippen LogP) is 4.65. The number of nitrogens with zero attached hydrogens (tertiary/aromatic N) is 2. The Morgan fingerprint density at radius 1 is 1.19 bits per heavy atom. The molecule has 2 rings (SSSR count). The summed E-state index contributed by atoms with van der Waals surface area (Å²) in [7, 11) is 0. The summed E-state index contributed by atoms with van der Waals surface area (Å²) in [6.07, 6.45) is 1.53. The molecule has 0 radical (unpaired) electrons. The molecule has 2 aromatic rings. The van der Waals surface area contributed by atoms with Gasteiger partial charge in [-0.2, -0.15) is 10.5 Å². The zero-order valence-electron chi connectivity index (χ0n) is 13.7. The molecule has 0 aliphatic carbocycles. The summed E-state index contributed by atoms with van der Waals surface area (Å²) in [4.78, 5) is 12.3. The number of rotatable bonds is 5. The molecule has 0 atom stereocenters. The average Bonchev–Trinajstić information content (AvgIpc) is 2.61. The number of aryl methyl sites for hydroxylation is 1. The van der Waals surface area contributed by atoms with E-state index in [1.54, 1.807) is 24.3 Å². The number of halogens is 2. The van der Waals surface area contributed by atoms with Gasteiger partial charge >= 0.3 is 0 Å². The van der Waals surface area contributed by atoms with Gasteiger partial charge in [0.2, 0.25) is 0 Å². The fraction of sp³-hybridized carbons (Fsp3) is 0.105. The van der Waals surface area contributed by atoms with Gasteiger partial charge in [0.15, 0.2) is 6.61 Å². The summed E-state index contributed by atoms with van der Waals surface area (Å²) in [5.41, 5.74) is 2.43. The highest BCUT2D eigenvalue weighted by Crippen LogP contribution is 2.29. The number of amides is 1. The third-order valence-electron chi connectivity index (χ3n) is 3.29. The normalized spacial score (nSPS) is 10.6. The highest BCUT2D eigenvalue weighted by Gasteiger charge is 2.12. The fourth-order valence-corrected chi connectivity index (χ4v) is 4.18. The molecule has 5 nitrogen and oxygen atoms in total. The molecule has 0 unspecified atom stereocenters. The number of carbonyl (C=O) groups is 1. The maximum Gasteiger partial charge on any atom is 0.266 e. The van der Waals surface area contributed by atoms with Gasteiger partial charge in [0.1, 0.15) is 23.5 Å². The van der Waals surface area contributed by atoms with Crippen molar-refractivity contribution in [3.63, 3.8) is 0 Å². The van der Waals surface area contributed by atoms with Crippen LogP contribution in [0.5, 0.6) is 5.75 Å². The third kappa shape index (κ3) is 5.44. The highest BCUT2D eigenvalue weighted by molar-refractivity contribution is 14.1. The lowest BCUT2D eigenvalue weighted by atomic mass is 10.1. The Labute approximate surface area is 178 Å². The summed E-state index contributed by atoms with van der Waals surface area (Å²) < 4.78 is 6.99. The minimum absolute atomic E-state index is 0.00266. The number of carbonyl (C=O) groups excluding carboxylic acids is 1. The first-order chi connectivity index (χ1) is 12.4. The summed E-state index contributed by atoms with van der Waals surface area (Å²) in [5.74, 6) is 0.152. The van der Waals surface area contributed by atoms with E-state index >= 15 is 0 Å².